The predicted octanol–water partition coefficient (Wildman–Crippen LogP) is 4.38. The van der Waals surface area contributed by atoms with Crippen LogP contribution in [-0.2, 0) is 4.79 Å². The number of rotatable bonds is 4. The van der Waals surface area contributed by atoms with E-state index in [1.807, 2.05) is 0 Å². The second kappa shape index (κ2) is 6.72. The first-order valence-corrected chi connectivity index (χ1v) is 6.96. The number of aliphatic carboxylic acids is 1. The molecule has 0 aromatic heterocycles. The molecule has 1 N–H and O–H groups in total. The molecule has 0 spiro atoms. The van der Waals surface area contributed by atoms with Crippen molar-refractivity contribution < 1.29 is 36.9 Å². The Morgan fingerprint density at radius 3 is 2.62 bits per heavy atom. The average molecular weight is 367 g/mol. The van der Waals surface area contributed by atoms with E-state index in [9.17, 15) is 22.4 Å². The van der Waals surface area contributed by atoms with E-state index in [0.717, 1.165) is 12.1 Å². The van der Waals surface area contributed by atoms with E-state index < -0.39 is 30.5 Å². The molecule has 1 aromatic carbocycles. The Balaban J connectivity index is 2.49. The van der Waals surface area contributed by atoms with Gasteiger partial charge in [0.1, 0.15) is 23.9 Å². The minimum absolute atomic E-state index is 0.0309. The highest BCUT2D eigenvalue weighted by atomic mass is 35.5. The van der Waals surface area contributed by atoms with Crippen LogP contribution in [-0.4, -0.2) is 30.0 Å². The molecular weight excluding hydrogens is 356 g/mol. The molecule has 0 saturated carbocycles. The molecule has 0 saturated heterocycles. The Hall–Kier alpha value is -2.22. The lowest BCUT2D eigenvalue weighted by Gasteiger charge is -2.27. The Morgan fingerprint density at radius 1 is 1.46 bits per heavy atom. The van der Waals surface area contributed by atoms with Crippen molar-refractivity contribution in [3.63, 3.8) is 0 Å². The van der Waals surface area contributed by atoms with Crippen LogP contribution < -0.4 is 9.47 Å². The molecule has 1 aromatic rings. The van der Waals surface area contributed by atoms with E-state index in [2.05, 4.69) is 0 Å². The molecule has 0 radical (unpaired) electrons. The van der Waals surface area contributed by atoms with E-state index in [4.69, 9.17) is 26.2 Å². The van der Waals surface area contributed by atoms with Crippen molar-refractivity contribution in [3.8, 4) is 11.5 Å². The zero-order chi connectivity index (χ0) is 18.1. The van der Waals surface area contributed by atoms with Gasteiger partial charge in [0.15, 0.2) is 0 Å². The summed E-state index contributed by atoms with van der Waals surface area (Å²) in [6, 6.07) is 2.25. The van der Waals surface area contributed by atoms with E-state index in [1.165, 1.54) is 19.1 Å². The van der Waals surface area contributed by atoms with Crippen LogP contribution in [0.2, 0.25) is 5.02 Å². The van der Waals surface area contributed by atoms with Gasteiger partial charge in [-0.15, -0.1) is 0 Å². The lowest BCUT2D eigenvalue weighted by molar-refractivity contribution is -0.187. The normalized spacial score (nSPS) is 17.7. The fourth-order valence-electron chi connectivity index (χ4n) is 2.00. The van der Waals surface area contributed by atoms with Crippen molar-refractivity contribution in [1.82, 2.24) is 0 Å². The minimum atomic E-state index is -4.92. The number of fused-ring (bicyclic) bond motifs is 1. The average Bonchev–Trinajstić information content (AvgIpc) is 2.50. The van der Waals surface area contributed by atoms with Crippen LogP contribution >= 0.6 is 11.6 Å². The van der Waals surface area contributed by atoms with Gasteiger partial charge in [-0.3, -0.25) is 0 Å². The molecule has 1 heterocycles. The number of carboxylic acid groups (broad SMARTS) is 1. The monoisotopic (exact) mass is 366 g/mol. The molecule has 9 heteroatoms. The van der Waals surface area contributed by atoms with Crippen LogP contribution in [0.3, 0.4) is 0 Å². The fourth-order valence-corrected chi connectivity index (χ4v) is 2.21. The zero-order valence-electron chi connectivity index (χ0n) is 12.2. The summed E-state index contributed by atoms with van der Waals surface area (Å²) in [5.41, 5.74) is -0.912. The third kappa shape index (κ3) is 3.64. The van der Waals surface area contributed by atoms with Crippen molar-refractivity contribution in [2.75, 3.05) is 6.67 Å². The predicted molar refractivity (Wildman–Crippen MR) is 77.9 cm³/mol. The van der Waals surface area contributed by atoms with Crippen LogP contribution in [0.15, 0.2) is 29.5 Å². The molecular formula is C15H11ClF4O4. The van der Waals surface area contributed by atoms with Gasteiger partial charge in [0.25, 0.3) is 0 Å². The van der Waals surface area contributed by atoms with Crippen LogP contribution in [0, 0.1) is 0 Å². The maximum Gasteiger partial charge on any atom is 0.430 e. The van der Waals surface area contributed by atoms with Gasteiger partial charge in [0, 0.05) is 11.6 Å². The van der Waals surface area contributed by atoms with Gasteiger partial charge in [-0.25, -0.2) is 9.18 Å². The molecule has 130 valence electrons. The molecule has 0 aliphatic carbocycles. The molecule has 0 bridgehead atoms. The third-order valence-electron chi connectivity index (χ3n) is 3.14. The molecule has 2 rings (SSSR count). The second-order valence-corrected chi connectivity index (χ2v) is 5.16. The van der Waals surface area contributed by atoms with Gasteiger partial charge in [-0.2, -0.15) is 13.2 Å². The molecule has 1 aliphatic rings. The molecule has 1 atom stereocenters. The molecule has 0 fully saturated rings. The number of alkyl halides is 4. The summed E-state index contributed by atoms with van der Waals surface area (Å²) in [6.45, 7) is 0.582. The van der Waals surface area contributed by atoms with Crippen molar-refractivity contribution in [3.05, 3.63) is 40.1 Å². The first-order chi connectivity index (χ1) is 11.2. The smallest absolute Gasteiger partial charge is 0.430 e. The molecule has 0 amide bonds. The van der Waals surface area contributed by atoms with Crippen LogP contribution in [0.5, 0.6) is 11.5 Å². The number of hydrogen-bond acceptors (Lipinski definition) is 3. The van der Waals surface area contributed by atoms with Gasteiger partial charge >= 0.3 is 12.1 Å². The quantitative estimate of drug-likeness (QED) is 0.634. The second-order valence-electron chi connectivity index (χ2n) is 4.76. The van der Waals surface area contributed by atoms with E-state index in [1.54, 1.807) is 0 Å². The summed E-state index contributed by atoms with van der Waals surface area (Å²) in [7, 11) is 0. The van der Waals surface area contributed by atoms with Crippen LogP contribution in [0.25, 0.3) is 6.08 Å². The summed E-state index contributed by atoms with van der Waals surface area (Å²) in [5, 5.41) is 8.92. The number of benzene rings is 1. The number of carbonyl (C=O) groups is 1. The number of hydrogen-bond donors (Lipinski definition) is 1. The largest absolute Gasteiger partial charge is 0.478 e. The summed E-state index contributed by atoms with van der Waals surface area (Å²) in [6.07, 6.45) is -5.38. The number of halogens is 5. The Morgan fingerprint density at radius 2 is 2.12 bits per heavy atom. The Kier molecular flexibility index (Phi) is 5.08. The highest BCUT2D eigenvalue weighted by Gasteiger charge is 2.48. The first-order valence-electron chi connectivity index (χ1n) is 6.58. The topological polar surface area (TPSA) is 55.8 Å². The third-order valence-corrected chi connectivity index (χ3v) is 3.44. The maximum atomic E-state index is 13.0. The zero-order valence-corrected chi connectivity index (χ0v) is 12.9. The maximum absolute atomic E-state index is 13.0. The summed E-state index contributed by atoms with van der Waals surface area (Å²) >= 11 is 5.94. The van der Waals surface area contributed by atoms with Gasteiger partial charge in [-0.1, -0.05) is 11.6 Å². The van der Waals surface area contributed by atoms with Gasteiger partial charge < -0.3 is 14.6 Å². The van der Waals surface area contributed by atoms with E-state index in [-0.39, 0.29) is 27.8 Å². The molecule has 4 nitrogen and oxygen atoms in total. The van der Waals surface area contributed by atoms with Gasteiger partial charge in [0.2, 0.25) is 6.10 Å². The summed E-state index contributed by atoms with van der Waals surface area (Å²) < 4.78 is 61.6. The molecule has 1 aliphatic heterocycles. The number of carboxylic acids is 1. The summed E-state index contributed by atoms with van der Waals surface area (Å²) in [4.78, 5) is 11.0. The van der Waals surface area contributed by atoms with Crippen molar-refractivity contribution in [2.45, 2.75) is 19.2 Å². The lowest BCUT2D eigenvalue weighted by atomic mass is 10.0. The number of ether oxygens (including phenoxy) is 2. The molecule has 1 unspecified atom stereocenters. The summed E-state index contributed by atoms with van der Waals surface area (Å²) in [5.74, 6) is -2.21. The van der Waals surface area contributed by atoms with E-state index in [0.29, 0.717) is 0 Å². The highest BCUT2D eigenvalue weighted by molar-refractivity contribution is 6.32. The van der Waals surface area contributed by atoms with Gasteiger partial charge in [0.05, 0.1) is 10.6 Å². The van der Waals surface area contributed by atoms with E-state index >= 15 is 0 Å². The Labute approximate surface area is 138 Å². The number of allylic oxidation sites excluding steroid dienone is 2. The van der Waals surface area contributed by atoms with Crippen LogP contribution in [0.4, 0.5) is 17.6 Å². The standard InChI is InChI=1S/C15H11ClF4O4/c1-2-8(6-17)23-12-5-11-7(4-10(12)16)3-9(14(21)22)13(24-11)15(18,19)20/h2-5,13H,6H2,1H3,(H,21,22)/b8-2+. The van der Waals surface area contributed by atoms with Crippen LogP contribution in [0.1, 0.15) is 12.5 Å². The first kappa shape index (κ1) is 18.1. The van der Waals surface area contributed by atoms with Crippen molar-refractivity contribution in [1.29, 1.82) is 0 Å². The van der Waals surface area contributed by atoms with Crippen molar-refractivity contribution >= 4 is 23.6 Å². The van der Waals surface area contributed by atoms with Gasteiger partial charge in [-0.05, 0) is 25.1 Å². The SMILES string of the molecule is C/C=C(\CF)Oc1cc2c(cc1Cl)C=C(C(=O)O)C(C(F)(F)F)O2. The fraction of sp³-hybridized carbons (Fsp3) is 0.267. The Bertz CT molecular complexity index is 725. The molecule has 24 heavy (non-hydrogen) atoms. The minimum Gasteiger partial charge on any atom is -0.478 e. The van der Waals surface area contributed by atoms with Crippen molar-refractivity contribution in [2.24, 2.45) is 0 Å². The highest BCUT2D eigenvalue weighted by Crippen LogP contribution is 2.41. The lowest BCUT2D eigenvalue weighted by Crippen LogP contribution is -2.40.